The molecule has 0 heterocycles. The van der Waals surface area contributed by atoms with E-state index in [4.69, 9.17) is 0 Å². The van der Waals surface area contributed by atoms with Gasteiger partial charge in [-0.3, -0.25) is 9.98 Å². The molecule has 0 spiro atoms. The second-order valence-corrected chi connectivity index (χ2v) is 4.52. The fraction of sp³-hybridized carbons (Fsp3) is 0.857. The number of hydrogen-bond acceptors (Lipinski definition) is 2. The van der Waals surface area contributed by atoms with Crippen LogP contribution in [0.2, 0.25) is 0 Å². The summed E-state index contributed by atoms with van der Waals surface area (Å²) in [5, 5.41) is 0. The van der Waals surface area contributed by atoms with Gasteiger partial charge in [0, 0.05) is 24.5 Å². The molecule has 0 radical (unpaired) electrons. The molecule has 0 fully saturated rings. The molecule has 0 aliphatic heterocycles. The van der Waals surface area contributed by atoms with Crippen molar-refractivity contribution in [2.45, 2.75) is 74.4 Å². The van der Waals surface area contributed by atoms with Crippen LogP contribution in [0.25, 0.3) is 0 Å². The van der Waals surface area contributed by atoms with Crippen LogP contribution >= 0.6 is 0 Å². The summed E-state index contributed by atoms with van der Waals surface area (Å²) < 4.78 is 0. The molecule has 0 atom stereocenters. The Bertz CT molecular complexity index is 137. The highest BCUT2D eigenvalue weighted by molar-refractivity contribution is 6.16. The van der Waals surface area contributed by atoms with Crippen LogP contribution in [-0.2, 0) is 0 Å². The highest BCUT2D eigenvalue weighted by atomic mass is 14.8. The van der Waals surface area contributed by atoms with E-state index in [0.717, 1.165) is 5.92 Å². The molecule has 0 unspecified atom stereocenters. The molecule has 0 bridgehead atoms. The summed E-state index contributed by atoms with van der Waals surface area (Å²) in [6.45, 7) is 18.7. The van der Waals surface area contributed by atoms with E-state index in [0.29, 0.717) is 12.1 Å². The fourth-order valence-electron chi connectivity index (χ4n) is 0.421. The van der Waals surface area contributed by atoms with Gasteiger partial charge >= 0.3 is 0 Å². The van der Waals surface area contributed by atoms with Crippen LogP contribution in [0, 0.1) is 5.92 Å². The second-order valence-electron chi connectivity index (χ2n) is 4.52. The van der Waals surface area contributed by atoms with Gasteiger partial charge in [-0.2, -0.15) is 0 Å². The average Bonchev–Trinajstić information content (AvgIpc) is 2.14. The van der Waals surface area contributed by atoms with Gasteiger partial charge in [-0.15, -0.1) is 0 Å². The number of nitrogens with zero attached hydrogens (tertiary/aromatic N) is 2. The summed E-state index contributed by atoms with van der Waals surface area (Å²) in [5.41, 5.74) is 0. The van der Waals surface area contributed by atoms with Crippen molar-refractivity contribution >= 4 is 12.4 Å². The number of rotatable bonds is 3. The zero-order chi connectivity index (χ0) is 13.6. The molecule has 0 aromatic rings. The molecule has 0 aromatic heterocycles. The van der Waals surface area contributed by atoms with Gasteiger partial charge in [0.2, 0.25) is 0 Å². The molecule has 0 aliphatic rings. The Kier molecular flexibility index (Phi) is 21.7. The van der Waals surface area contributed by atoms with Crippen molar-refractivity contribution in [3.8, 4) is 0 Å². The van der Waals surface area contributed by atoms with E-state index >= 15 is 0 Å². The van der Waals surface area contributed by atoms with Gasteiger partial charge in [-0.1, -0.05) is 34.6 Å². The van der Waals surface area contributed by atoms with Crippen molar-refractivity contribution in [3.63, 3.8) is 0 Å². The average molecular weight is 228 g/mol. The van der Waals surface area contributed by atoms with Crippen molar-refractivity contribution in [1.82, 2.24) is 0 Å². The van der Waals surface area contributed by atoms with Gasteiger partial charge in [-0.05, 0) is 33.6 Å². The maximum Gasteiger partial charge on any atom is 0.0443 e. The topological polar surface area (TPSA) is 24.7 Å². The number of aliphatic imine (C=N–C) groups is 2. The van der Waals surface area contributed by atoms with Crippen LogP contribution in [-0.4, -0.2) is 24.5 Å². The van der Waals surface area contributed by atoms with E-state index in [1.807, 2.05) is 41.5 Å². The monoisotopic (exact) mass is 228 g/mol. The van der Waals surface area contributed by atoms with E-state index in [2.05, 4.69) is 30.8 Å². The highest BCUT2D eigenvalue weighted by Gasteiger charge is 1.82. The lowest BCUT2D eigenvalue weighted by Gasteiger charge is -1.92. The highest BCUT2D eigenvalue weighted by Crippen LogP contribution is 1.83. The van der Waals surface area contributed by atoms with Gasteiger partial charge in [0.25, 0.3) is 0 Å². The van der Waals surface area contributed by atoms with E-state index in [9.17, 15) is 0 Å². The molecule has 0 N–H and O–H groups in total. The summed E-state index contributed by atoms with van der Waals surface area (Å²) >= 11 is 0. The van der Waals surface area contributed by atoms with Gasteiger partial charge in [0.15, 0.2) is 0 Å². The zero-order valence-corrected chi connectivity index (χ0v) is 12.8. The largest absolute Gasteiger partial charge is 0.289 e. The summed E-state index contributed by atoms with van der Waals surface area (Å²) in [6, 6.07) is 0.747. The predicted molar refractivity (Wildman–Crippen MR) is 79.1 cm³/mol. The Labute approximate surface area is 103 Å². The molecule has 0 amide bonds. The van der Waals surface area contributed by atoms with Crippen molar-refractivity contribution in [2.24, 2.45) is 15.9 Å². The Morgan fingerprint density at radius 3 is 0.938 bits per heavy atom. The summed E-state index contributed by atoms with van der Waals surface area (Å²) in [4.78, 5) is 8.24. The molecule has 0 saturated heterocycles. The predicted octanol–water partition coefficient (Wildman–Crippen LogP) is 4.63. The molecule has 0 rings (SSSR count). The van der Waals surface area contributed by atoms with Gasteiger partial charge in [0.1, 0.15) is 0 Å². The van der Waals surface area contributed by atoms with E-state index < -0.39 is 0 Å². The molecule has 16 heavy (non-hydrogen) atoms. The Balaban J connectivity index is -0.000000237. The summed E-state index contributed by atoms with van der Waals surface area (Å²) in [6.07, 6.45) is 3.51. The fourth-order valence-corrected chi connectivity index (χ4v) is 0.421. The molecule has 0 aromatic carbocycles. The lowest BCUT2D eigenvalue weighted by molar-refractivity contribution is 0.737. The molecule has 98 valence electrons. The number of hydrogen-bond donors (Lipinski definition) is 0. The first-order valence-electron chi connectivity index (χ1n) is 6.41. The minimum absolute atomic E-state index is 0.374. The third-order valence-corrected chi connectivity index (χ3v) is 0.835. The zero-order valence-electron chi connectivity index (χ0n) is 12.8. The summed E-state index contributed by atoms with van der Waals surface area (Å²) in [5.74, 6) is 0.833. The maximum absolute atomic E-state index is 4.12. The van der Waals surface area contributed by atoms with Gasteiger partial charge in [-0.25, -0.2) is 0 Å². The second kappa shape index (κ2) is 16.8. The van der Waals surface area contributed by atoms with Crippen LogP contribution in [0.15, 0.2) is 9.98 Å². The quantitative estimate of drug-likeness (QED) is 0.629. The lowest BCUT2D eigenvalue weighted by atomic mass is 10.3. The Hall–Kier alpha value is -0.660. The van der Waals surface area contributed by atoms with Crippen LogP contribution < -0.4 is 0 Å². The van der Waals surface area contributed by atoms with E-state index in [1.165, 1.54) is 0 Å². The molecule has 0 saturated carbocycles. The summed E-state index contributed by atoms with van der Waals surface area (Å²) in [7, 11) is 0. The Morgan fingerprint density at radius 1 is 0.625 bits per heavy atom. The van der Waals surface area contributed by atoms with Gasteiger partial charge < -0.3 is 0 Å². The minimum Gasteiger partial charge on any atom is -0.289 e. The first kappa shape index (κ1) is 20.7. The molecule has 0 aliphatic carbocycles. The first-order valence-corrected chi connectivity index (χ1v) is 6.41. The third kappa shape index (κ3) is 50.5. The van der Waals surface area contributed by atoms with Crippen molar-refractivity contribution in [3.05, 3.63) is 0 Å². The van der Waals surface area contributed by atoms with Crippen LogP contribution in [0.4, 0.5) is 0 Å². The minimum atomic E-state index is 0.374. The van der Waals surface area contributed by atoms with Crippen LogP contribution in [0.3, 0.4) is 0 Å². The molecule has 2 nitrogen and oxygen atoms in total. The smallest absolute Gasteiger partial charge is 0.0443 e. The Morgan fingerprint density at radius 2 is 0.812 bits per heavy atom. The first-order chi connectivity index (χ1) is 7.36. The molecular weight excluding hydrogens is 196 g/mol. The van der Waals surface area contributed by atoms with Crippen LogP contribution in [0.5, 0.6) is 0 Å². The standard InChI is InChI=1S/C8H16N2.C4H10.C2H6/c1-7(2)9-5-6-10-8(3)4;1-4(2)3;1-2/h5-8H,1-4H3;4H,1-3H3;1-2H3. The van der Waals surface area contributed by atoms with Crippen LogP contribution in [0.1, 0.15) is 62.3 Å². The van der Waals surface area contributed by atoms with Crippen molar-refractivity contribution in [2.75, 3.05) is 0 Å². The van der Waals surface area contributed by atoms with Crippen molar-refractivity contribution in [1.29, 1.82) is 0 Å². The SMILES string of the molecule is CC.CC(C)C.CC(C)N=CC=NC(C)C. The van der Waals surface area contributed by atoms with Crippen molar-refractivity contribution < 1.29 is 0 Å². The normalized spacial score (nSPS) is 10.8. The lowest BCUT2D eigenvalue weighted by Crippen LogP contribution is -1.92. The van der Waals surface area contributed by atoms with E-state index in [-0.39, 0.29) is 0 Å². The molecular formula is C14H32N2. The third-order valence-electron chi connectivity index (χ3n) is 0.835. The maximum atomic E-state index is 4.12. The van der Waals surface area contributed by atoms with E-state index in [1.54, 1.807) is 12.4 Å². The molecule has 2 heteroatoms. The van der Waals surface area contributed by atoms with Gasteiger partial charge in [0.05, 0.1) is 0 Å².